The average Bonchev–Trinajstić information content (AvgIpc) is 2.60. The molecule has 1 unspecified atom stereocenters. The molecule has 0 saturated carbocycles. The summed E-state index contributed by atoms with van der Waals surface area (Å²) in [6.45, 7) is 2.68. The van der Waals surface area contributed by atoms with Gasteiger partial charge in [0.15, 0.2) is 0 Å². The molecule has 0 aromatic heterocycles. The van der Waals surface area contributed by atoms with Gasteiger partial charge in [0.05, 0.1) is 12.5 Å². The molecule has 1 atom stereocenters. The van der Waals surface area contributed by atoms with E-state index in [9.17, 15) is 9.59 Å². The van der Waals surface area contributed by atoms with Crippen LogP contribution in [0.5, 0.6) is 11.5 Å². The summed E-state index contributed by atoms with van der Waals surface area (Å²) in [5.41, 5.74) is 1.45. The smallest absolute Gasteiger partial charge is 0.319 e. The lowest BCUT2D eigenvalue weighted by Crippen LogP contribution is -2.29. The summed E-state index contributed by atoms with van der Waals surface area (Å²) in [7, 11) is 0. The molecule has 1 heterocycles. The fraction of sp³-hybridized carbons (Fsp3) is 0.263. The number of hydrogen-bond acceptors (Lipinski definition) is 4. The maximum absolute atomic E-state index is 12.5. The van der Waals surface area contributed by atoms with Crippen LogP contribution in [0.25, 0.3) is 0 Å². The minimum atomic E-state index is -0.592. The Balaban J connectivity index is 1.72. The van der Waals surface area contributed by atoms with Crippen LogP contribution in [0.15, 0.2) is 48.5 Å². The number of anilines is 1. The Hall–Kier alpha value is -2.82. The van der Waals surface area contributed by atoms with Crippen LogP contribution in [-0.2, 0) is 9.59 Å². The molecule has 1 N–H and O–H groups in total. The topological polar surface area (TPSA) is 64.6 Å². The molecule has 2 aromatic carbocycles. The van der Waals surface area contributed by atoms with Gasteiger partial charge in [-0.2, -0.15) is 0 Å². The summed E-state index contributed by atoms with van der Waals surface area (Å²) in [4.78, 5) is 24.3. The third-order valence-corrected chi connectivity index (χ3v) is 3.80. The first-order valence-corrected chi connectivity index (χ1v) is 8.00. The van der Waals surface area contributed by atoms with Crippen molar-refractivity contribution in [1.82, 2.24) is 0 Å². The van der Waals surface area contributed by atoms with E-state index in [0.717, 1.165) is 17.7 Å². The summed E-state index contributed by atoms with van der Waals surface area (Å²) in [6, 6.07) is 14.2. The van der Waals surface area contributed by atoms with Gasteiger partial charge in [0.25, 0.3) is 0 Å². The SMILES string of the molecule is CCCOc1ccc(OC(=O)C2CC(=O)Nc3ccccc32)cc1. The number of ether oxygens (including phenoxy) is 2. The molecule has 0 spiro atoms. The van der Waals surface area contributed by atoms with Gasteiger partial charge < -0.3 is 14.8 Å². The molecule has 2 aromatic rings. The highest BCUT2D eigenvalue weighted by Gasteiger charge is 2.31. The van der Waals surface area contributed by atoms with Crippen molar-refractivity contribution in [2.24, 2.45) is 0 Å². The summed E-state index contributed by atoms with van der Waals surface area (Å²) in [5.74, 6) is -0.0317. The first-order chi connectivity index (χ1) is 11.7. The van der Waals surface area contributed by atoms with Crippen molar-refractivity contribution in [3.05, 3.63) is 54.1 Å². The van der Waals surface area contributed by atoms with E-state index in [4.69, 9.17) is 9.47 Å². The normalized spacial score (nSPS) is 16.0. The molecule has 0 aliphatic carbocycles. The zero-order chi connectivity index (χ0) is 16.9. The molecule has 1 aliphatic rings. The van der Waals surface area contributed by atoms with Gasteiger partial charge in [-0.05, 0) is 42.3 Å². The van der Waals surface area contributed by atoms with Crippen LogP contribution in [0.3, 0.4) is 0 Å². The third kappa shape index (κ3) is 3.56. The van der Waals surface area contributed by atoms with E-state index in [-0.39, 0.29) is 12.3 Å². The van der Waals surface area contributed by atoms with Crippen LogP contribution >= 0.6 is 0 Å². The summed E-state index contributed by atoms with van der Waals surface area (Å²) < 4.78 is 10.9. The van der Waals surface area contributed by atoms with Crippen LogP contribution < -0.4 is 14.8 Å². The van der Waals surface area contributed by atoms with Gasteiger partial charge in [0.1, 0.15) is 11.5 Å². The molecular formula is C19H19NO4. The van der Waals surface area contributed by atoms with Gasteiger partial charge in [0, 0.05) is 12.1 Å². The Kier molecular flexibility index (Phi) is 4.79. The van der Waals surface area contributed by atoms with E-state index in [1.54, 1.807) is 30.3 Å². The van der Waals surface area contributed by atoms with Crippen molar-refractivity contribution in [2.45, 2.75) is 25.7 Å². The van der Waals surface area contributed by atoms with Gasteiger partial charge >= 0.3 is 5.97 Å². The molecule has 0 bridgehead atoms. The highest BCUT2D eigenvalue weighted by molar-refractivity contribution is 6.00. The molecule has 3 rings (SSSR count). The molecule has 5 nitrogen and oxygen atoms in total. The predicted molar refractivity (Wildman–Crippen MR) is 90.3 cm³/mol. The molecule has 1 aliphatic heterocycles. The van der Waals surface area contributed by atoms with Crippen molar-refractivity contribution >= 4 is 17.6 Å². The summed E-state index contributed by atoms with van der Waals surface area (Å²) in [5, 5.41) is 2.77. The van der Waals surface area contributed by atoms with Crippen LogP contribution in [0.2, 0.25) is 0 Å². The number of hydrogen-bond donors (Lipinski definition) is 1. The van der Waals surface area contributed by atoms with E-state index in [1.807, 2.05) is 25.1 Å². The van der Waals surface area contributed by atoms with Gasteiger partial charge in [-0.25, -0.2) is 0 Å². The molecule has 0 fully saturated rings. The number of benzene rings is 2. The first kappa shape index (κ1) is 16.1. The largest absolute Gasteiger partial charge is 0.494 e. The van der Waals surface area contributed by atoms with Gasteiger partial charge in [-0.15, -0.1) is 0 Å². The lowest BCUT2D eigenvalue weighted by molar-refractivity contribution is -0.138. The van der Waals surface area contributed by atoms with E-state index in [2.05, 4.69) is 5.32 Å². The second-order valence-electron chi connectivity index (χ2n) is 5.63. The van der Waals surface area contributed by atoms with Gasteiger partial charge in [0.2, 0.25) is 5.91 Å². The van der Waals surface area contributed by atoms with Crippen LogP contribution in [0.1, 0.15) is 31.2 Å². The lowest BCUT2D eigenvalue weighted by Gasteiger charge is -2.24. The zero-order valence-corrected chi connectivity index (χ0v) is 13.5. The Morgan fingerprint density at radius 1 is 1.12 bits per heavy atom. The standard InChI is InChI=1S/C19H19NO4/c1-2-11-23-13-7-9-14(10-8-13)24-19(22)16-12-18(21)20-17-6-4-3-5-15(16)17/h3-10,16H,2,11-12H2,1H3,(H,20,21). The van der Waals surface area contributed by atoms with Crippen LogP contribution in [-0.4, -0.2) is 18.5 Å². The first-order valence-electron chi connectivity index (χ1n) is 8.00. The fourth-order valence-corrected chi connectivity index (χ4v) is 2.63. The number of rotatable bonds is 5. The van der Waals surface area contributed by atoms with Gasteiger partial charge in [-0.3, -0.25) is 9.59 Å². The van der Waals surface area contributed by atoms with Crippen molar-refractivity contribution in [3.8, 4) is 11.5 Å². The van der Waals surface area contributed by atoms with Gasteiger partial charge in [-0.1, -0.05) is 25.1 Å². The van der Waals surface area contributed by atoms with Crippen molar-refractivity contribution < 1.29 is 19.1 Å². The van der Waals surface area contributed by atoms with E-state index < -0.39 is 11.9 Å². The minimum Gasteiger partial charge on any atom is -0.494 e. The van der Waals surface area contributed by atoms with E-state index in [0.29, 0.717) is 18.0 Å². The van der Waals surface area contributed by atoms with Crippen LogP contribution in [0, 0.1) is 0 Å². The molecule has 124 valence electrons. The summed E-state index contributed by atoms with van der Waals surface area (Å²) >= 11 is 0. The number of amides is 1. The highest BCUT2D eigenvalue weighted by Crippen LogP contribution is 2.33. The third-order valence-electron chi connectivity index (χ3n) is 3.80. The fourth-order valence-electron chi connectivity index (χ4n) is 2.63. The second kappa shape index (κ2) is 7.17. The monoisotopic (exact) mass is 325 g/mol. The number of para-hydroxylation sites is 1. The second-order valence-corrected chi connectivity index (χ2v) is 5.63. The predicted octanol–water partition coefficient (Wildman–Crippen LogP) is 3.51. The number of nitrogens with one attached hydrogen (secondary N) is 1. The molecule has 0 radical (unpaired) electrons. The van der Waals surface area contributed by atoms with Crippen molar-refractivity contribution in [2.75, 3.05) is 11.9 Å². The molecule has 1 amide bonds. The van der Waals surface area contributed by atoms with E-state index in [1.165, 1.54) is 0 Å². The van der Waals surface area contributed by atoms with Crippen molar-refractivity contribution in [3.63, 3.8) is 0 Å². The molecular weight excluding hydrogens is 306 g/mol. The average molecular weight is 325 g/mol. The maximum atomic E-state index is 12.5. The maximum Gasteiger partial charge on any atom is 0.319 e. The highest BCUT2D eigenvalue weighted by atomic mass is 16.5. The zero-order valence-electron chi connectivity index (χ0n) is 13.5. The number of fused-ring (bicyclic) bond motifs is 1. The number of carbonyl (C=O) groups excluding carboxylic acids is 2. The Bertz CT molecular complexity index is 739. The Morgan fingerprint density at radius 2 is 1.83 bits per heavy atom. The quantitative estimate of drug-likeness (QED) is 0.675. The number of carbonyl (C=O) groups is 2. The lowest BCUT2D eigenvalue weighted by atomic mass is 9.91. The summed E-state index contributed by atoms with van der Waals surface area (Å²) in [6.07, 6.45) is 1.02. The van der Waals surface area contributed by atoms with E-state index >= 15 is 0 Å². The Labute approximate surface area is 140 Å². The molecule has 5 heteroatoms. The van der Waals surface area contributed by atoms with Crippen LogP contribution in [0.4, 0.5) is 5.69 Å². The minimum absolute atomic E-state index is 0.0908. The Morgan fingerprint density at radius 3 is 2.58 bits per heavy atom. The molecule has 0 saturated heterocycles. The van der Waals surface area contributed by atoms with Crippen molar-refractivity contribution in [1.29, 1.82) is 0 Å². The molecule has 24 heavy (non-hydrogen) atoms. The number of esters is 1.